The number of carbonyl (C=O) groups excluding carboxylic acids is 1. The quantitative estimate of drug-likeness (QED) is 0.505. The molecule has 0 aliphatic carbocycles. The van der Waals surface area contributed by atoms with Gasteiger partial charge in [-0.25, -0.2) is 19.3 Å². The molecular formula is C22H27FN6O2. The lowest BCUT2D eigenvalue weighted by Crippen LogP contribution is -2.25. The van der Waals surface area contributed by atoms with E-state index in [1.54, 1.807) is 37.6 Å². The van der Waals surface area contributed by atoms with E-state index in [0.717, 1.165) is 18.4 Å². The summed E-state index contributed by atoms with van der Waals surface area (Å²) in [4.78, 5) is 25.0. The van der Waals surface area contributed by atoms with Crippen molar-refractivity contribution in [3.05, 3.63) is 53.9 Å². The Bertz CT molecular complexity index is 1050. The molecule has 3 aromatic rings. The number of nitrogens with one attached hydrogen (secondary N) is 2. The lowest BCUT2D eigenvalue weighted by Gasteiger charge is -2.14. The maximum absolute atomic E-state index is 14.5. The van der Waals surface area contributed by atoms with E-state index in [-0.39, 0.29) is 23.6 Å². The molecule has 0 radical (unpaired) electrons. The van der Waals surface area contributed by atoms with Crippen LogP contribution in [0.2, 0.25) is 0 Å². The minimum Gasteiger partial charge on any atom is -0.385 e. The molecule has 2 N–H and O–H groups in total. The highest BCUT2D eigenvalue weighted by atomic mass is 19.1. The van der Waals surface area contributed by atoms with Crippen LogP contribution in [0.15, 0.2) is 36.7 Å². The third-order valence-corrected chi connectivity index (χ3v) is 4.68. The number of anilines is 2. The predicted octanol–water partition coefficient (Wildman–Crippen LogP) is 3.88. The Morgan fingerprint density at radius 1 is 1.26 bits per heavy atom. The number of rotatable bonds is 9. The van der Waals surface area contributed by atoms with E-state index in [9.17, 15) is 9.18 Å². The van der Waals surface area contributed by atoms with E-state index in [1.165, 1.54) is 0 Å². The van der Waals surface area contributed by atoms with Gasteiger partial charge in [-0.15, -0.1) is 0 Å². The van der Waals surface area contributed by atoms with Crippen molar-refractivity contribution in [1.82, 2.24) is 24.8 Å². The molecular weight excluding hydrogens is 399 g/mol. The predicted molar refractivity (Wildman–Crippen MR) is 117 cm³/mol. The van der Waals surface area contributed by atoms with Crippen LogP contribution in [0.5, 0.6) is 0 Å². The molecule has 2 heterocycles. The van der Waals surface area contributed by atoms with E-state index < -0.39 is 5.82 Å². The lowest BCUT2D eigenvalue weighted by atomic mass is 10.2. The summed E-state index contributed by atoms with van der Waals surface area (Å²) in [5, 5.41) is 5.89. The van der Waals surface area contributed by atoms with Gasteiger partial charge in [0, 0.05) is 37.6 Å². The van der Waals surface area contributed by atoms with E-state index >= 15 is 0 Å². The van der Waals surface area contributed by atoms with Gasteiger partial charge >= 0.3 is 0 Å². The zero-order chi connectivity index (χ0) is 22.4. The molecule has 164 valence electrons. The number of hydrogen-bond acceptors (Lipinski definition) is 6. The van der Waals surface area contributed by atoms with Gasteiger partial charge in [-0.05, 0) is 45.4 Å². The van der Waals surface area contributed by atoms with E-state index in [0.29, 0.717) is 30.1 Å². The first-order chi connectivity index (χ1) is 14.9. The summed E-state index contributed by atoms with van der Waals surface area (Å²) >= 11 is 0. The molecule has 0 saturated heterocycles. The summed E-state index contributed by atoms with van der Waals surface area (Å²) in [5.41, 5.74) is 1.87. The SMILES string of the molecule is COCCCNC(=O)c1cccc(Nc2ncc(F)c(-c3cnc(C)n3C(C)C)n2)c1. The molecule has 1 amide bonds. The molecule has 0 atom stereocenters. The number of halogens is 1. The van der Waals surface area contributed by atoms with E-state index in [2.05, 4.69) is 25.6 Å². The molecule has 1 aromatic carbocycles. The molecule has 31 heavy (non-hydrogen) atoms. The van der Waals surface area contributed by atoms with Crippen molar-refractivity contribution in [2.24, 2.45) is 0 Å². The first-order valence-electron chi connectivity index (χ1n) is 10.1. The summed E-state index contributed by atoms with van der Waals surface area (Å²) in [7, 11) is 1.62. The number of ether oxygens (including phenoxy) is 1. The Labute approximate surface area is 180 Å². The van der Waals surface area contributed by atoms with Gasteiger partial charge in [0.15, 0.2) is 5.82 Å². The standard InChI is InChI=1S/C22H27FN6O2/c1-14(2)29-15(3)25-13-19(29)20-18(23)12-26-22(28-20)27-17-8-5-7-16(11-17)21(30)24-9-6-10-31-4/h5,7-8,11-14H,6,9-10H2,1-4H3,(H,24,30)(H,26,27,28). The molecule has 0 aliphatic rings. The van der Waals surface area contributed by atoms with Gasteiger partial charge in [-0.1, -0.05) is 6.07 Å². The highest BCUT2D eigenvalue weighted by Crippen LogP contribution is 2.26. The van der Waals surface area contributed by atoms with Crippen LogP contribution in [0.1, 0.15) is 42.5 Å². The molecule has 0 aliphatic heterocycles. The largest absolute Gasteiger partial charge is 0.385 e. The number of carbonyl (C=O) groups is 1. The maximum Gasteiger partial charge on any atom is 0.251 e. The number of aromatic nitrogens is 4. The molecule has 0 fully saturated rings. The summed E-state index contributed by atoms with van der Waals surface area (Å²) in [6, 6.07) is 7.06. The van der Waals surface area contributed by atoms with Gasteiger partial charge in [0.25, 0.3) is 5.91 Å². The second-order valence-corrected chi connectivity index (χ2v) is 7.35. The number of aryl methyl sites for hydroxylation is 1. The van der Waals surface area contributed by atoms with E-state index in [1.807, 2.05) is 25.3 Å². The fourth-order valence-corrected chi connectivity index (χ4v) is 3.28. The van der Waals surface area contributed by atoms with Gasteiger partial charge in [-0.3, -0.25) is 4.79 Å². The Hall–Kier alpha value is -3.33. The van der Waals surface area contributed by atoms with Gasteiger partial charge in [0.2, 0.25) is 5.95 Å². The van der Waals surface area contributed by atoms with Crippen LogP contribution in [-0.2, 0) is 4.74 Å². The maximum atomic E-state index is 14.5. The van der Waals surface area contributed by atoms with Crippen LogP contribution in [0, 0.1) is 12.7 Å². The van der Waals surface area contributed by atoms with Gasteiger partial charge in [0.1, 0.15) is 11.5 Å². The number of hydrogen-bond donors (Lipinski definition) is 2. The highest BCUT2D eigenvalue weighted by Gasteiger charge is 2.18. The highest BCUT2D eigenvalue weighted by molar-refractivity contribution is 5.95. The third-order valence-electron chi connectivity index (χ3n) is 4.68. The van der Waals surface area contributed by atoms with Crippen molar-refractivity contribution in [3.63, 3.8) is 0 Å². The summed E-state index contributed by atoms with van der Waals surface area (Å²) < 4.78 is 21.4. The summed E-state index contributed by atoms with van der Waals surface area (Å²) in [6.07, 6.45) is 3.47. The molecule has 0 bridgehead atoms. The Balaban J connectivity index is 1.80. The number of amides is 1. The Morgan fingerprint density at radius 3 is 2.81 bits per heavy atom. The van der Waals surface area contributed by atoms with Gasteiger partial charge in [-0.2, -0.15) is 0 Å². The first kappa shape index (κ1) is 22.4. The third kappa shape index (κ3) is 5.43. The first-order valence-corrected chi connectivity index (χ1v) is 10.1. The smallest absolute Gasteiger partial charge is 0.251 e. The molecule has 2 aromatic heterocycles. The van der Waals surface area contributed by atoms with Crippen LogP contribution in [0.25, 0.3) is 11.4 Å². The number of benzene rings is 1. The Morgan fingerprint density at radius 2 is 2.06 bits per heavy atom. The zero-order valence-electron chi connectivity index (χ0n) is 18.1. The minimum absolute atomic E-state index is 0.0994. The average molecular weight is 426 g/mol. The molecule has 0 unspecified atom stereocenters. The number of imidazole rings is 1. The second kappa shape index (κ2) is 10.1. The number of methoxy groups -OCH3 is 1. The fourth-order valence-electron chi connectivity index (χ4n) is 3.28. The van der Waals surface area contributed by atoms with Crippen LogP contribution in [0.3, 0.4) is 0 Å². The van der Waals surface area contributed by atoms with Crippen molar-refractivity contribution in [2.75, 3.05) is 25.6 Å². The van der Waals surface area contributed by atoms with Crippen molar-refractivity contribution in [2.45, 2.75) is 33.2 Å². The fraction of sp³-hybridized carbons (Fsp3) is 0.364. The summed E-state index contributed by atoms with van der Waals surface area (Å²) in [6.45, 7) is 6.98. The zero-order valence-corrected chi connectivity index (χ0v) is 18.1. The molecule has 0 spiro atoms. The second-order valence-electron chi connectivity index (χ2n) is 7.35. The van der Waals surface area contributed by atoms with Gasteiger partial charge in [0.05, 0.1) is 18.1 Å². The van der Waals surface area contributed by atoms with Crippen LogP contribution >= 0.6 is 0 Å². The average Bonchev–Trinajstić information content (AvgIpc) is 3.14. The van der Waals surface area contributed by atoms with Crippen LogP contribution in [-0.4, -0.2) is 45.7 Å². The topological polar surface area (TPSA) is 94.0 Å². The van der Waals surface area contributed by atoms with Crippen molar-refractivity contribution < 1.29 is 13.9 Å². The minimum atomic E-state index is -0.531. The van der Waals surface area contributed by atoms with E-state index in [4.69, 9.17) is 4.74 Å². The van der Waals surface area contributed by atoms with Crippen LogP contribution < -0.4 is 10.6 Å². The molecule has 3 rings (SSSR count). The van der Waals surface area contributed by atoms with Crippen molar-refractivity contribution >= 4 is 17.5 Å². The number of nitrogens with zero attached hydrogens (tertiary/aromatic N) is 4. The lowest BCUT2D eigenvalue weighted by molar-refractivity contribution is 0.0948. The molecule has 8 nitrogen and oxygen atoms in total. The van der Waals surface area contributed by atoms with Gasteiger partial charge < -0.3 is 19.9 Å². The Kier molecular flexibility index (Phi) is 7.30. The monoisotopic (exact) mass is 426 g/mol. The molecule has 9 heteroatoms. The van der Waals surface area contributed by atoms with Crippen LogP contribution in [0.4, 0.5) is 16.0 Å². The summed E-state index contributed by atoms with van der Waals surface area (Å²) in [5.74, 6) is 0.290. The van der Waals surface area contributed by atoms with Crippen molar-refractivity contribution in [3.8, 4) is 11.4 Å². The molecule has 0 saturated carbocycles. The van der Waals surface area contributed by atoms with Crippen molar-refractivity contribution in [1.29, 1.82) is 0 Å². The normalized spacial score (nSPS) is 11.0.